The number of ether oxygens (including phenoxy) is 1. The fourth-order valence-corrected chi connectivity index (χ4v) is 1.81. The molecule has 0 aromatic heterocycles. The monoisotopic (exact) mass is 268 g/mol. The van der Waals surface area contributed by atoms with Crippen LogP contribution in [-0.2, 0) is 6.42 Å². The average Bonchev–Trinajstić information content (AvgIpc) is 2.15. The van der Waals surface area contributed by atoms with Crippen molar-refractivity contribution in [3.8, 4) is 11.8 Å². The Morgan fingerprint density at radius 3 is 2.87 bits per heavy atom. The van der Waals surface area contributed by atoms with Crippen LogP contribution in [0, 0.1) is 11.3 Å². The molecular formula is C11H13BrN2O. The summed E-state index contributed by atoms with van der Waals surface area (Å²) in [5.74, 6) is 0.685. The van der Waals surface area contributed by atoms with Crippen molar-refractivity contribution < 1.29 is 4.74 Å². The van der Waals surface area contributed by atoms with Crippen LogP contribution < -0.4 is 10.5 Å². The Morgan fingerprint density at radius 2 is 2.33 bits per heavy atom. The van der Waals surface area contributed by atoms with Gasteiger partial charge in [-0.2, -0.15) is 5.26 Å². The quantitative estimate of drug-likeness (QED) is 0.911. The van der Waals surface area contributed by atoms with Crippen molar-refractivity contribution in [1.82, 2.24) is 0 Å². The van der Waals surface area contributed by atoms with Crippen LogP contribution >= 0.6 is 15.9 Å². The van der Waals surface area contributed by atoms with E-state index in [1.807, 2.05) is 31.2 Å². The lowest BCUT2D eigenvalue weighted by atomic mass is 10.1. The van der Waals surface area contributed by atoms with E-state index < -0.39 is 0 Å². The molecule has 0 amide bonds. The molecule has 0 saturated carbocycles. The first kappa shape index (κ1) is 12.0. The van der Waals surface area contributed by atoms with Crippen molar-refractivity contribution in [1.29, 1.82) is 5.26 Å². The van der Waals surface area contributed by atoms with Gasteiger partial charge in [0.15, 0.2) is 6.61 Å². The van der Waals surface area contributed by atoms with E-state index in [1.165, 1.54) is 0 Å². The lowest BCUT2D eigenvalue weighted by molar-refractivity contribution is 0.365. The molecule has 1 rings (SSSR count). The van der Waals surface area contributed by atoms with Crippen molar-refractivity contribution in [2.45, 2.75) is 19.4 Å². The molecule has 0 saturated heterocycles. The van der Waals surface area contributed by atoms with Gasteiger partial charge in [0.25, 0.3) is 0 Å². The molecule has 1 unspecified atom stereocenters. The van der Waals surface area contributed by atoms with Crippen LogP contribution in [0.3, 0.4) is 0 Å². The van der Waals surface area contributed by atoms with Crippen LogP contribution in [0.2, 0.25) is 0 Å². The Kier molecular flexibility index (Phi) is 4.60. The summed E-state index contributed by atoms with van der Waals surface area (Å²) in [7, 11) is 0. The molecule has 0 aliphatic carbocycles. The smallest absolute Gasteiger partial charge is 0.174 e. The van der Waals surface area contributed by atoms with E-state index >= 15 is 0 Å². The van der Waals surface area contributed by atoms with E-state index in [0.717, 1.165) is 16.5 Å². The third-order valence-corrected chi connectivity index (χ3v) is 2.47. The van der Waals surface area contributed by atoms with Crippen LogP contribution in [0.5, 0.6) is 5.75 Å². The summed E-state index contributed by atoms with van der Waals surface area (Å²) < 4.78 is 6.06. The molecule has 0 aliphatic rings. The predicted molar refractivity (Wildman–Crippen MR) is 62.6 cm³/mol. The highest BCUT2D eigenvalue weighted by atomic mass is 79.9. The van der Waals surface area contributed by atoms with E-state index in [4.69, 9.17) is 15.7 Å². The fourth-order valence-electron chi connectivity index (χ4n) is 1.27. The minimum atomic E-state index is 0.0608. The molecule has 1 atom stereocenters. The molecule has 0 radical (unpaired) electrons. The minimum absolute atomic E-state index is 0.0608. The Balaban J connectivity index is 2.75. The largest absolute Gasteiger partial charge is 0.478 e. The lowest BCUT2D eigenvalue weighted by Gasteiger charge is -2.08. The second-order valence-corrected chi connectivity index (χ2v) is 4.25. The van der Waals surface area contributed by atoms with Gasteiger partial charge in [-0.05, 0) is 47.0 Å². The second-order valence-electron chi connectivity index (χ2n) is 3.39. The number of nitrogens with zero attached hydrogens (tertiary/aromatic N) is 1. The summed E-state index contributed by atoms with van der Waals surface area (Å²) in [4.78, 5) is 0. The summed E-state index contributed by atoms with van der Waals surface area (Å²) in [6, 6.07) is 7.84. The molecule has 4 heteroatoms. The van der Waals surface area contributed by atoms with E-state index in [1.54, 1.807) is 0 Å². The van der Waals surface area contributed by atoms with Crippen LogP contribution in [-0.4, -0.2) is 12.6 Å². The van der Waals surface area contributed by atoms with Gasteiger partial charge < -0.3 is 10.5 Å². The fraction of sp³-hybridized carbons (Fsp3) is 0.364. The zero-order valence-electron chi connectivity index (χ0n) is 8.53. The van der Waals surface area contributed by atoms with E-state index in [9.17, 15) is 0 Å². The highest BCUT2D eigenvalue weighted by Crippen LogP contribution is 2.26. The molecular weight excluding hydrogens is 256 g/mol. The molecule has 0 heterocycles. The molecule has 80 valence electrons. The van der Waals surface area contributed by atoms with Gasteiger partial charge >= 0.3 is 0 Å². The van der Waals surface area contributed by atoms with Crippen molar-refractivity contribution >= 4 is 15.9 Å². The molecule has 1 aromatic rings. The van der Waals surface area contributed by atoms with Gasteiger partial charge in [0.2, 0.25) is 0 Å². The zero-order chi connectivity index (χ0) is 11.3. The van der Waals surface area contributed by atoms with Crippen molar-refractivity contribution in [3.05, 3.63) is 28.2 Å². The molecule has 0 aliphatic heterocycles. The molecule has 0 spiro atoms. The number of benzene rings is 1. The molecule has 2 N–H and O–H groups in total. The van der Waals surface area contributed by atoms with Crippen LogP contribution in [0.25, 0.3) is 0 Å². The van der Waals surface area contributed by atoms with E-state index in [-0.39, 0.29) is 12.6 Å². The topological polar surface area (TPSA) is 59.0 Å². The average molecular weight is 269 g/mol. The van der Waals surface area contributed by atoms with E-state index in [0.29, 0.717) is 5.75 Å². The van der Waals surface area contributed by atoms with Crippen LogP contribution in [0.4, 0.5) is 0 Å². The number of nitrogens with two attached hydrogens (primary N) is 1. The van der Waals surface area contributed by atoms with Gasteiger partial charge in [0.1, 0.15) is 11.8 Å². The lowest BCUT2D eigenvalue weighted by Crippen LogP contribution is -2.17. The minimum Gasteiger partial charge on any atom is -0.478 e. The Labute approximate surface area is 98.0 Å². The van der Waals surface area contributed by atoms with Crippen LogP contribution in [0.1, 0.15) is 12.5 Å². The maximum atomic E-state index is 8.39. The number of hydrogen-bond donors (Lipinski definition) is 1. The highest BCUT2D eigenvalue weighted by molar-refractivity contribution is 9.10. The Hall–Kier alpha value is -1.05. The maximum Gasteiger partial charge on any atom is 0.174 e. The molecule has 15 heavy (non-hydrogen) atoms. The van der Waals surface area contributed by atoms with Crippen molar-refractivity contribution in [2.75, 3.05) is 6.61 Å². The van der Waals surface area contributed by atoms with Gasteiger partial charge in [0.05, 0.1) is 4.47 Å². The molecule has 0 bridgehead atoms. The number of halogens is 1. The van der Waals surface area contributed by atoms with Crippen molar-refractivity contribution in [3.63, 3.8) is 0 Å². The first-order chi connectivity index (χ1) is 7.13. The van der Waals surface area contributed by atoms with Gasteiger partial charge in [-0.3, -0.25) is 0 Å². The summed E-state index contributed by atoms with van der Waals surface area (Å²) >= 11 is 3.39. The van der Waals surface area contributed by atoms with Gasteiger partial charge in [-0.1, -0.05) is 6.07 Å². The molecule has 0 fully saturated rings. The third-order valence-electron chi connectivity index (χ3n) is 1.85. The van der Waals surface area contributed by atoms with Crippen molar-refractivity contribution in [2.24, 2.45) is 5.73 Å². The van der Waals surface area contributed by atoms with Gasteiger partial charge in [-0.25, -0.2) is 0 Å². The first-order valence-electron chi connectivity index (χ1n) is 4.67. The Bertz CT molecular complexity index is 371. The molecule has 3 nitrogen and oxygen atoms in total. The Morgan fingerprint density at radius 1 is 1.60 bits per heavy atom. The van der Waals surface area contributed by atoms with Crippen LogP contribution in [0.15, 0.2) is 22.7 Å². The normalized spacial score (nSPS) is 11.9. The zero-order valence-corrected chi connectivity index (χ0v) is 10.1. The number of hydrogen-bond acceptors (Lipinski definition) is 3. The summed E-state index contributed by atoms with van der Waals surface area (Å²) in [6.07, 6.45) is 0.830. The number of nitriles is 1. The third kappa shape index (κ3) is 3.90. The summed E-state index contributed by atoms with van der Waals surface area (Å²) in [5.41, 5.74) is 6.86. The van der Waals surface area contributed by atoms with E-state index in [2.05, 4.69) is 15.9 Å². The highest BCUT2D eigenvalue weighted by Gasteiger charge is 2.04. The SMILES string of the molecule is CC(N)Cc1ccc(OCC#N)c(Br)c1. The van der Waals surface area contributed by atoms with Gasteiger partial charge in [0, 0.05) is 6.04 Å². The summed E-state index contributed by atoms with van der Waals surface area (Å²) in [5, 5.41) is 8.39. The molecule has 1 aromatic carbocycles. The standard InChI is InChI=1S/C11H13BrN2O/c1-8(14)6-9-2-3-11(10(12)7-9)15-5-4-13/h2-3,7-8H,5-6,14H2,1H3. The summed E-state index contributed by atoms with van der Waals surface area (Å²) in [6.45, 7) is 2.03. The first-order valence-corrected chi connectivity index (χ1v) is 5.46. The maximum absolute atomic E-state index is 8.39. The van der Waals surface area contributed by atoms with Gasteiger partial charge in [-0.15, -0.1) is 0 Å². The second kappa shape index (κ2) is 5.74. The predicted octanol–water partition coefficient (Wildman–Crippen LogP) is 2.24. The number of rotatable bonds is 4.